The summed E-state index contributed by atoms with van der Waals surface area (Å²) < 4.78 is 5.38. The lowest BCUT2D eigenvalue weighted by Crippen LogP contribution is -2.28. The number of fused-ring (bicyclic) bond motifs is 2. The quantitative estimate of drug-likeness (QED) is 0.0866. The Morgan fingerprint density at radius 2 is 0.731 bits per heavy atom. The Hall–Kier alpha value is -9.34. The number of Topliss-reactive ketones (excluding diaryl/α,β-unsaturated/α-hetero) is 7. The number of hydrogen-bond acceptors (Lipinski definition) is 9. The molecule has 0 bridgehead atoms. The molecule has 0 N–H and O–H groups in total. The summed E-state index contributed by atoms with van der Waals surface area (Å²) in [5.41, 5.74) is 8.06. The van der Waals surface area contributed by atoms with Gasteiger partial charge in [-0.05, 0) is 88.0 Å². The number of ketones is 7. The first-order chi connectivity index (χ1) is 37.2. The first kappa shape index (κ1) is 54.9. The van der Waals surface area contributed by atoms with E-state index in [4.69, 9.17) is 4.74 Å². The Labute approximate surface area is 454 Å². The van der Waals surface area contributed by atoms with Crippen molar-refractivity contribution in [2.75, 3.05) is 0 Å². The van der Waals surface area contributed by atoms with E-state index >= 15 is 0 Å². The molecule has 4 aliphatic rings. The van der Waals surface area contributed by atoms with Gasteiger partial charge in [0.05, 0.1) is 5.57 Å². The molecule has 388 valence electrons. The lowest BCUT2D eigenvalue weighted by Gasteiger charge is -2.32. The van der Waals surface area contributed by atoms with E-state index in [0.717, 1.165) is 39.0 Å². The summed E-state index contributed by atoms with van der Waals surface area (Å²) in [6, 6.07) is 48.5. The van der Waals surface area contributed by atoms with E-state index in [9.17, 15) is 38.4 Å². The van der Waals surface area contributed by atoms with Crippen molar-refractivity contribution in [3.8, 4) is 0 Å². The van der Waals surface area contributed by atoms with Crippen LogP contribution >= 0.6 is 0 Å². The zero-order valence-electron chi connectivity index (χ0n) is 44.9. The Bertz CT molecular complexity index is 3630. The molecule has 0 saturated heterocycles. The highest BCUT2D eigenvalue weighted by atomic mass is 16.5. The Kier molecular flexibility index (Phi) is 16.1. The highest BCUT2D eigenvalue weighted by molar-refractivity contribution is 6.49. The molecular formula is C69H58O9. The van der Waals surface area contributed by atoms with Crippen LogP contribution in [0, 0.1) is 10.8 Å². The Morgan fingerprint density at radius 3 is 1.15 bits per heavy atom. The van der Waals surface area contributed by atoms with E-state index in [1.165, 1.54) is 0 Å². The van der Waals surface area contributed by atoms with Crippen molar-refractivity contribution in [3.63, 3.8) is 0 Å². The maximum absolute atomic E-state index is 13.1. The fourth-order valence-electron chi connectivity index (χ4n) is 9.48. The number of allylic oxidation sites excluding steroid dienone is 13. The summed E-state index contributed by atoms with van der Waals surface area (Å²) >= 11 is 0. The molecule has 0 aromatic heterocycles. The molecule has 0 heterocycles. The second-order valence-electron chi connectivity index (χ2n) is 21.2. The van der Waals surface area contributed by atoms with Gasteiger partial charge in [0.15, 0.2) is 34.7 Å². The molecule has 0 spiro atoms. The smallest absolute Gasteiger partial charge is 0.343 e. The van der Waals surface area contributed by atoms with E-state index in [2.05, 4.69) is 41.5 Å². The lowest BCUT2D eigenvalue weighted by molar-refractivity contribution is -0.139. The molecule has 0 amide bonds. The first-order valence-corrected chi connectivity index (χ1v) is 25.6. The highest BCUT2D eigenvalue weighted by Gasteiger charge is 2.39. The molecular weight excluding hydrogens is 973 g/mol. The largest absolute Gasteiger partial charge is 0.457 e. The molecule has 0 saturated carbocycles. The van der Waals surface area contributed by atoms with Gasteiger partial charge in [-0.25, -0.2) is 4.79 Å². The number of carbonyl (C=O) groups is 8. The molecule has 9 nitrogen and oxygen atoms in total. The molecule has 6 aromatic carbocycles. The van der Waals surface area contributed by atoms with Gasteiger partial charge in [-0.15, -0.1) is 0 Å². The zero-order chi connectivity index (χ0) is 56.1. The topological polar surface area (TPSA) is 146 Å². The minimum Gasteiger partial charge on any atom is -0.457 e. The van der Waals surface area contributed by atoms with Crippen LogP contribution in [0.5, 0.6) is 0 Å². The molecule has 0 unspecified atom stereocenters. The third-order valence-corrected chi connectivity index (χ3v) is 13.5. The number of hydrogen-bond donors (Lipinski definition) is 0. The van der Waals surface area contributed by atoms with E-state index in [-0.39, 0.29) is 74.0 Å². The van der Waals surface area contributed by atoms with Crippen molar-refractivity contribution in [1.29, 1.82) is 0 Å². The summed E-state index contributed by atoms with van der Waals surface area (Å²) in [6.45, 7) is 16.1. The van der Waals surface area contributed by atoms with E-state index in [0.29, 0.717) is 27.8 Å². The van der Waals surface area contributed by atoms with Gasteiger partial charge in [-0.3, -0.25) is 33.6 Å². The third kappa shape index (κ3) is 11.6. The predicted octanol–water partition coefficient (Wildman–Crippen LogP) is 14.0. The lowest BCUT2D eigenvalue weighted by atomic mass is 9.71. The fourth-order valence-corrected chi connectivity index (χ4v) is 9.48. The maximum Gasteiger partial charge on any atom is 0.343 e. The second-order valence-corrected chi connectivity index (χ2v) is 21.2. The van der Waals surface area contributed by atoms with Crippen LogP contribution in [0.1, 0.15) is 124 Å². The highest BCUT2D eigenvalue weighted by Crippen LogP contribution is 2.41. The normalized spacial score (nSPS) is 15.4. The third-order valence-electron chi connectivity index (χ3n) is 13.5. The first-order valence-electron chi connectivity index (χ1n) is 25.6. The summed E-state index contributed by atoms with van der Waals surface area (Å²) in [6.07, 6.45) is 7.84. The van der Waals surface area contributed by atoms with Crippen molar-refractivity contribution < 1.29 is 43.1 Å². The average Bonchev–Trinajstić information content (AvgIpc) is 3.60. The second kappa shape index (κ2) is 22.9. The molecule has 0 aliphatic heterocycles. The molecule has 0 fully saturated rings. The molecule has 9 heteroatoms. The van der Waals surface area contributed by atoms with E-state index in [1.807, 2.05) is 74.5 Å². The Morgan fingerprint density at radius 1 is 0.385 bits per heavy atom. The van der Waals surface area contributed by atoms with Crippen LogP contribution in [0.2, 0.25) is 0 Å². The van der Waals surface area contributed by atoms with Crippen LogP contribution in [-0.2, 0) is 25.7 Å². The molecule has 0 radical (unpaired) electrons. The van der Waals surface area contributed by atoms with Gasteiger partial charge < -0.3 is 4.74 Å². The van der Waals surface area contributed by atoms with Crippen LogP contribution in [-0.4, -0.2) is 46.5 Å². The molecule has 4 aliphatic carbocycles. The van der Waals surface area contributed by atoms with Crippen molar-refractivity contribution in [1.82, 2.24) is 0 Å². The van der Waals surface area contributed by atoms with Crippen LogP contribution < -0.4 is 0 Å². The number of carbonyl (C=O) groups excluding carboxylic acids is 8. The minimum absolute atomic E-state index is 0.0222. The van der Waals surface area contributed by atoms with Gasteiger partial charge >= 0.3 is 5.97 Å². The van der Waals surface area contributed by atoms with Crippen LogP contribution in [0.15, 0.2) is 239 Å². The summed E-state index contributed by atoms with van der Waals surface area (Å²) in [7, 11) is 0. The summed E-state index contributed by atoms with van der Waals surface area (Å²) in [5.74, 6) is -2.56. The molecule has 0 atom stereocenters. The van der Waals surface area contributed by atoms with Crippen molar-refractivity contribution >= 4 is 57.6 Å². The van der Waals surface area contributed by atoms with E-state index < -0.39 is 23.3 Å². The van der Waals surface area contributed by atoms with Gasteiger partial charge in [0.25, 0.3) is 0 Å². The Balaban J connectivity index is 0.000000155. The number of rotatable bonds is 7. The maximum atomic E-state index is 13.1. The molecule has 10 rings (SSSR count). The zero-order valence-corrected chi connectivity index (χ0v) is 44.9. The van der Waals surface area contributed by atoms with Crippen LogP contribution in [0.3, 0.4) is 0 Å². The SMILES string of the molecule is CC1=CC(=C2C=C(C(C)(C)C)C(=O)C(C(C)(C)C)=C2)C=C(C)C1=O.O=C(C1=C(c2ccccc2)C(=O)c2ccccc2C1=O)c1ccccc1.O=C(OCc1ccccc1)C1=C(c2ccccc2)C(=O)c2ccccc2C1=O. The summed E-state index contributed by atoms with van der Waals surface area (Å²) in [5, 5.41) is 0. The van der Waals surface area contributed by atoms with Gasteiger partial charge in [-0.1, -0.05) is 211 Å². The van der Waals surface area contributed by atoms with Crippen molar-refractivity contribution in [2.45, 2.75) is 62.0 Å². The van der Waals surface area contributed by atoms with Crippen molar-refractivity contribution in [3.05, 3.63) is 283 Å². The van der Waals surface area contributed by atoms with Crippen molar-refractivity contribution in [2.24, 2.45) is 10.8 Å². The van der Waals surface area contributed by atoms with Gasteiger partial charge in [-0.2, -0.15) is 0 Å². The number of ether oxygens (including phenoxy) is 1. The molecule has 78 heavy (non-hydrogen) atoms. The monoisotopic (exact) mass is 1030 g/mol. The average molecular weight is 1030 g/mol. The number of benzene rings is 6. The minimum atomic E-state index is -0.796. The van der Waals surface area contributed by atoms with Gasteiger partial charge in [0, 0.05) is 50.1 Å². The van der Waals surface area contributed by atoms with Crippen LogP contribution in [0.4, 0.5) is 0 Å². The summed E-state index contributed by atoms with van der Waals surface area (Å²) in [4.78, 5) is 103. The standard InChI is InChI=1S/C24H16O4.C23H14O3.C22H28O2/c25-22-18-13-7-8-14-19(18)23(26)21(20(22)17-11-5-2-6-12-17)24(27)28-15-16-9-3-1-4-10-16;24-21(16-11-5-2-6-12-16)20-19(15-9-3-1-4-10-15)22(25)17-13-7-8-14-18(17)23(20)26;1-13-9-15(10-14(2)19(13)23)16-11-17(21(3,4)5)20(24)18(12-16)22(6,7)8/h1-14H,15H2;1-14H;9-12H,1-8H3. The fraction of sp³-hybridized carbons (Fsp3) is 0.159. The van der Waals surface area contributed by atoms with E-state index in [1.54, 1.807) is 133 Å². The van der Waals surface area contributed by atoms with Crippen LogP contribution in [0.25, 0.3) is 11.1 Å². The number of esters is 1. The van der Waals surface area contributed by atoms with Gasteiger partial charge in [0.1, 0.15) is 12.2 Å². The van der Waals surface area contributed by atoms with Gasteiger partial charge in [0.2, 0.25) is 5.78 Å². The predicted molar refractivity (Wildman–Crippen MR) is 304 cm³/mol. The molecule has 6 aromatic rings.